The van der Waals surface area contributed by atoms with Crippen LogP contribution in [0.3, 0.4) is 0 Å². The monoisotopic (exact) mass is 265 g/mol. The number of hydrogen-bond donors (Lipinski definition) is 3. The summed E-state index contributed by atoms with van der Waals surface area (Å²) in [6.45, 7) is 7.61. The second-order valence-corrected chi connectivity index (χ2v) is 4.35. The van der Waals surface area contributed by atoms with E-state index in [9.17, 15) is 9.59 Å². The van der Waals surface area contributed by atoms with Gasteiger partial charge in [0.15, 0.2) is 0 Å². The molecule has 102 valence electrons. The lowest BCUT2D eigenvalue weighted by Crippen LogP contribution is -2.48. The van der Waals surface area contributed by atoms with Crippen molar-refractivity contribution in [1.29, 1.82) is 0 Å². The Balaban J connectivity index is 0. The first-order chi connectivity index (χ1) is 7.38. The molecule has 0 aliphatic heterocycles. The van der Waals surface area contributed by atoms with Crippen molar-refractivity contribution in [3.05, 3.63) is 0 Å². The molecule has 2 amide bonds. The molecule has 0 bridgehead atoms. The third kappa shape index (κ3) is 7.99. The summed E-state index contributed by atoms with van der Waals surface area (Å²) in [4.78, 5) is 22.8. The minimum absolute atomic E-state index is 0. The quantitative estimate of drug-likeness (QED) is 0.651. The number of carbonyl (C=O) groups excluding carboxylic acids is 2. The molecule has 0 heterocycles. The highest BCUT2D eigenvalue weighted by Gasteiger charge is 2.19. The van der Waals surface area contributed by atoms with E-state index in [1.807, 2.05) is 27.7 Å². The van der Waals surface area contributed by atoms with Crippen molar-refractivity contribution in [2.24, 2.45) is 11.7 Å². The first kappa shape index (κ1) is 18.6. The van der Waals surface area contributed by atoms with Crippen LogP contribution in [0.5, 0.6) is 0 Å². The number of carbonyl (C=O) groups is 2. The average molecular weight is 266 g/mol. The van der Waals surface area contributed by atoms with Gasteiger partial charge in [-0.2, -0.15) is 0 Å². The van der Waals surface area contributed by atoms with Crippen LogP contribution in [0.15, 0.2) is 0 Å². The van der Waals surface area contributed by atoms with E-state index in [4.69, 9.17) is 5.73 Å². The lowest BCUT2D eigenvalue weighted by Gasteiger charge is -2.17. The lowest BCUT2D eigenvalue weighted by atomic mass is 9.99. The molecule has 0 saturated heterocycles. The summed E-state index contributed by atoms with van der Waals surface area (Å²) < 4.78 is 0. The van der Waals surface area contributed by atoms with E-state index < -0.39 is 6.04 Å². The molecule has 0 spiro atoms. The Bertz CT molecular complexity index is 247. The van der Waals surface area contributed by atoms with Gasteiger partial charge in [0.2, 0.25) is 11.8 Å². The maximum absolute atomic E-state index is 11.5. The molecule has 2 unspecified atom stereocenters. The van der Waals surface area contributed by atoms with Gasteiger partial charge >= 0.3 is 0 Å². The molecule has 5 nitrogen and oxygen atoms in total. The third-order valence-electron chi connectivity index (χ3n) is 2.43. The average Bonchev–Trinajstić information content (AvgIpc) is 2.22. The molecular weight excluding hydrogens is 242 g/mol. The van der Waals surface area contributed by atoms with Gasteiger partial charge in [0.25, 0.3) is 0 Å². The number of halogens is 1. The molecule has 6 heteroatoms. The first-order valence-corrected chi connectivity index (χ1v) is 5.71. The van der Waals surface area contributed by atoms with Crippen LogP contribution in [0.1, 0.15) is 34.1 Å². The van der Waals surface area contributed by atoms with E-state index in [2.05, 4.69) is 10.6 Å². The van der Waals surface area contributed by atoms with Crippen molar-refractivity contribution in [3.8, 4) is 0 Å². The molecule has 0 aromatic rings. The fourth-order valence-electron chi connectivity index (χ4n) is 1.17. The molecule has 2 atom stereocenters. The van der Waals surface area contributed by atoms with Gasteiger partial charge in [0, 0.05) is 6.04 Å². The molecule has 4 N–H and O–H groups in total. The summed E-state index contributed by atoms with van der Waals surface area (Å²) in [6, 6.07) is -0.468. The van der Waals surface area contributed by atoms with Gasteiger partial charge in [-0.05, 0) is 19.8 Å². The number of rotatable bonds is 6. The predicted octanol–water partition coefficient (Wildman–Crippen LogP) is 0.422. The van der Waals surface area contributed by atoms with Gasteiger partial charge in [-0.3, -0.25) is 9.59 Å². The van der Waals surface area contributed by atoms with E-state index >= 15 is 0 Å². The molecule has 0 saturated carbocycles. The highest BCUT2D eigenvalue weighted by molar-refractivity contribution is 5.87. The molecule has 17 heavy (non-hydrogen) atoms. The maximum Gasteiger partial charge on any atom is 0.239 e. The number of nitrogens with one attached hydrogen (secondary N) is 2. The topological polar surface area (TPSA) is 84.2 Å². The lowest BCUT2D eigenvalue weighted by molar-refractivity contribution is -0.127. The Morgan fingerprint density at radius 3 is 2.18 bits per heavy atom. The van der Waals surface area contributed by atoms with E-state index in [0.29, 0.717) is 0 Å². The fraction of sp³-hybridized carbons (Fsp3) is 0.818. The van der Waals surface area contributed by atoms with Crippen molar-refractivity contribution in [2.45, 2.75) is 46.2 Å². The minimum atomic E-state index is -0.545. The van der Waals surface area contributed by atoms with E-state index in [-0.39, 0.29) is 42.7 Å². The molecule has 0 aromatic carbocycles. The van der Waals surface area contributed by atoms with Crippen LogP contribution in [0.25, 0.3) is 0 Å². The molecule has 0 aromatic heterocycles. The van der Waals surface area contributed by atoms with E-state index in [0.717, 1.165) is 6.42 Å². The standard InChI is InChI=1S/C11H23N3O2.ClH/c1-5-8(4)10(12)11(16)13-6-9(15)14-7(2)3;/h7-8,10H,5-6,12H2,1-4H3,(H,13,16)(H,14,15);1H. The summed E-state index contributed by atoms with van der Waals surface area (Å²) >= 11 is 0. The first-order valence-electron chi connectivity index (χ1n) is 5.71. The summed E-state index contributed by atoms with van der Waals surface area (Å²) in [6.07, 6.45) is 0.840. The van der Waals surface area contributed by atoms with Crippen LogP contribution >= 0.6 is 12.4 Å². The van der Waals surface area contributed by atoms with Gasteiger partial charge < -0.3 is 16.4 Å². The molecule has 0 radical (unpaired) electrons. The zero-order valence-electron chi connectivity index (χ0n) is 10.9. The van der Waals surface area contributed by atoms with Crippen molar-refractivity contribution in [2.75, 3.05) is 6.54 Å². The maximum atomic E-state index is 11.5. The summed E-state index contributed by atoms with van der Waals surface area (Å²) in [5.41, 5.74) is 5.71. The zero-order valence-corrected chi connectivity index (χ0v) is 11.8. The van der Waals surface area contributed by atoms with Crippen LogP contribution < -0.4 is 16.4 Å². The van der Waals surface area contributed by atoms with Crippen molar-refractivity contribution in [1.82, 2.24) is 10.6 Å². The summed E-state index contributed by atoms with van der Waals surface area (Å²) in [5, 5.41) is 5.21. The Morgan fingerprint density at radius 1 is 1.24 bits per heavy atom. The van der Waals surface area contributed by atoms with Crippen LogP contribution in [-0.2, 0) is 9.59 Å². The predicted molar refractivity (Wildman–Crippen MR) is 71.0 cm³/mol. The highest BCUT2D eigenvalue weighted by Crippen LogP contribution is 2.04. The van der Waals surface area contributed by atoms with Crippen molar-refractivity contribution < 1.29 is 9.59 Å². The van der Waals surface area contributed by atoms with Gasteiger partial charge in [-0.1, -0.05) is 20.3 Å². The third-order valence-corrected chi connectivity index (χ3v) is 2.43. The number of amides is 2. The molecule has 0 aliphatic rings. The van der Waals surface area contributed by atoms with Gasteiger partial charge in [0.05, 0.1) is 12.6 Å². The fourth-order valence-corrected chi connectivity index (χ4v) is 1.17. The molecule has 0 rings (SSSR count). The Morgan fingerprint density at radius 2 is 1.76 bits per heavy atom. The number of hydrogen-bond acceptors (Lipinski definition) is 3. The largest absolute Gasteiger partial charge is 0.352 e. The Hall–Kier alpha value is -0.810. The molecule has 0 fully saturated rings. The van der Waals surface area contributed by atoms with Crippen LogP contribution in [0.2, 0.25) is 0 Å². The van der Waals surface area contributed by atoms with Crippen molar-refractivity contribution >= 4 is 24.2 Å². The second-order valence-electron chi connectivity index (χ2n) is 4.35. The second kappa shape index (κ2) is 9.24. The van der Waals surface area contributed by atoms with Crippen LogP contribution in [0, 0.1) is 5.92 Å². The van der Waals surface area contributed by atoms with Crippen molar-refractivity contribution in [3.63, 3.8) is 0 Å². The molecule has 0 aliphatic carbocycles. The van der Waals surface area contributed by atoms with Crippen LogP contribution in [0.4, 0.5) is 0 Å². The van der Waals surface area contributed by atoms with E-state index in [1.165, 1.54) is 0 Å². The van der Waals surface area contributed by atoms with E-state index in [1.54, 1.807) is 0 Å². The Kier molecular flexibility index (Phi) is 10.1. The normalized spacial score (nSPS) is 13.5. The molecular formula is C11H24ClN3O2. The number of nitrogens with two attached hydrogens (primary N) is 1. The smallest absolute Gasteiger partial charge is 0.239 e. The van der Waals surface area contributed by atoms with Gasteiger partial charge in [-0.15, -0.1) is 12.4 Å². The van der Waals surface area contributed by atoms with Gasteiger partial charge in [-0.25, -0.2) is 0 Å². The minimum Gasteiger partial charge on any atom is -0.352 e. The van der Waals surface area contributed by atoms with Crippen LogP contribution in [-0.4, -0.2) is 30.4 Å². The Labute approximate surface area is 109 Å². The highest BCUT2D eigenvalue weighted by atomic mass is 35.5. The van der Waals surface area contributed by atoms with Gasteiger partial charge in [0.1, 0.15) is 0 Å². The SMILES string of the molecule is CCC(C)C(N)C(=O)NCC(=O)NC(C)C.Cl. The summed E-state index contributed by atoms with van der Waals surface area (Å²) in [7, 11) is 0. The summed E-state index contributed by atoms with van der Waals surface area (Å²) in [5.74, 6) is -0.346. The zero-order chi connectivity index (χ0) is 12.7.